The Morgan fingerprint density at radius 3 is 2.88 bits per heavy atom. The minimum absolute atomic E-state index is 0.704. The standard InChI is InChI=1S/C18H19ClN4S/c1-3-4-14-9-16(7-8-20-14)23-12-13(11-21-23)17-6-5-15(22-24-2)10-18(17)19/h5-12,22H,3-4H2,1-2H3. The van der Waals surface area contributed by atoms with Crippen LogP contribution in [0.25, 0.3) is 16.8 Å². The largest absolute Gasteiger partial charge is 0.330 e. The summed E-state index contributed by atoms with van der Waals surface area (Å²) in [5, 5.41) is 5.18. The van der Waals surface area contributed by atoms with E-state index in [4.69, 9.17) is 11.6 Å². The third kappa shape index (κ3) is 3.74. The molecule has 24 heavy (non-hydrogen) atoms. The van der Waals surface area contributed by atoms with Crippen LogP contribution in [-0.4, -0.2) is 21.0 Å². The van der Waals surface area contributed by atoms with Crippen LogP contribution in [0.15, 0.2) is 48.9 Å². The van der Waals surface area contributed by atoms with E-state index in [0.29, 0.717) is 5.02 Å². The van der Waals surface area contributed by atoms with Gasteiger partial charge >= 0.3 is 0 Å². The van der Waals surface area contributed by atoms with E-state index < -0.39 is 0 Å². The lowest BCUT2D eigenvalue weighted by atomic mass is 10.1. The molecule has 0 amide bonds. The number of aryl methyl sites for hydroxylation is 1. The number of pyridine rings is 1. The summed E-state index contributed by atoms with van der Waals surface area (Å²) in [6.45, 7) is 2.15. The van der Waals surface area contributed by atoms with Crippen LogP contribution in [0.3, 0.4) is 0 Å². The van der Waals surface area contributed by atoms with Gasteiger partial charge in [-0.3, -0.25) is 4.98 Å². The lowest BCUT2D eigenvalue weighted by molar-refractivity contribution is 0.848. The first-order valence-corrected chi connectivity index (χ1v) is 9.40. The molecule has 1 aromatic carbocycles. The van der Waals surface area contributed by atoms with E-state index in [9.17, 15) is 0 Å². The smallest absolute Gasteiger partial charge is 0.0679 e. The highest BCUT2D eigenvalue weighted by Crippen LogP contribution is 2.31. The predicted molar refractivity (Wildman–Crippen MR) is 103 cm³/mol. The summed E-state index contributed by atoms with van der Waals surface area (Å²) in [5.74, 6) is 0. The maximum Gasteiger partial charge on any atom is 0.0679 e. The Morgan fingerprint density at radius 1 is 1.25 bits per heavy atom. The van der Waals surface area contributed by atoms with Crippen molar-refractivity contribution in [1.29, 1.82) is 0 Å². The monoisotopic (exact) mass is 358 g/mol. The molecule has 2 heterocycles. The summed E-state index contributed by atoms with van der Waals surface area (Å²) in [4.78, 5) is 4.39. The van der Waals surface area contributed by atoms with Crippen LogP contribution in [0.1, 0.15) is 19.0 Å². The van der Waals surface area contributed by atoms with Crippen LogP contribution in [0, 0.1) is 0 Å². The molecular weight excluding hydrogens is 340 g/mol. The van der Waals surface area contributed by atoms with Crippen molar-refractivity contribution in [3.05, 3.63) is 59.6 Å². The molecule has 0 fully saturated rings. The second kappa shape index (κ2) is 7.73. The molecule has 0 saturated heterocycles. The van der Waals surface area contributed by atoms with Gasteiger partial charge in [0, 0.05) is 41.2 Å². The Balaban J connectivity index is 1.89. The van der Waals surface area contributed by atoms with Crippen molar-refractivity contribution in [1.82, 2.24) is 14.8 Å². The molecule has 1 N–H and O–H groups in total. The van der Waals surface area contributed by atoms with Crippen LogP contribution < -0.4 is 4.72 Å². The number of rotatable bonds is 6. The molecule has 4 nitrogen and oxygen atoms in total. The number of anilines is 1. The summed E-state index contributed by atoms with van der Waals surface area (Å²) in [7, 11) is 0. The van der Waals surface area contributed by atoms with Gasteiger partial charge in [0.25, 0.3) is 0 Å². The molecule has 2 aromatic heterocycles. The van der Waals surface area contributed by atoms with Crippen molar-refractivity contribution in [2.45, 2.75) is 19.8 Å². The van der Waals surface area contributed by atoms with E-state index in [0.717, 1.165) is 41.0 Å². The molecule has 0 radical (unpaired) electrons. The van der Waals surface area contributed by atoms with Gasteiger partial charge in [0.2, 0.25) is 0 Å². The second-order valence-electron chi connectivity index (χ2n) is 5.43. The quantitative estimate of drug-likeness (QED) is 0.612. The maximum absolute atomic E-state index is 6.43. The zero-order valence-electron chi connectivity index (χ0n) is 13.7. The van der Waals surface area contributed by atoms with E-state index in [-0.39, 0.29) is 0 Å². The third-order valence-electron chi connectivity index (χ3n) is 3.65. The fourth-order valence-corrected chi connectivity index (χ4v) is 3.19. The Morgan fingerprint density at radius 2 is 2.12 bits per heavy atom. The molecule has 6 heteroatoms. The van der Waals surface area contributed by atoms with E-state index in [1.165, 1.54) is 0 Å². The van der Waals surface area contributed by atoms with Crippen molar-refractivity contribution in [3.63, 3.8) is 0 Å². The Labute approximate surface area is 151 Å². The molecule has 0 saturated carbocycles. The zero-order chi connectivity index (χ0) is 16.9. The number of halogens is 1. The fraction of sp³-hybridized carbons (Fsp3) is 0.222. The highest BCUT2D eigenvalue weighted by atomic mass is 35.5. The maximum atomic E-state index is 6.43. The molecule has 124 valence electrons. The number of aromatic nitrogens is 3. The number of hydrogen-bond acceptors (Lipinski definition) is 4. The summed E-state index contributed by atoms with van der Waals surface area (Å²) >= 11 is 7.97. The Kier molecular flexibility index (Phi) is 5.43. The van der Waals surface area contributed by atoms with Crippen molar-refractivity contribution in [2.24, 2.45) is 0 Å². The predicted octanol–water partition coefficient (Wildman–Crippen LogP) is 5.23. The van der Waals surface area contributed by atoms with Gasteiger partial charge in [-0.1, -0.05) is 43.0 Å². The summed E-state index contributed by atoms with van der Waals surface area (Å²) in [6.07, 6.45) is 9.69. The van der Waals surface area contributed by atoms with Crippen molar-refractivity contribution < 1.29 is 0 Å². The lowest BCUT2D eigenvalue weighted by Crippen LogP contribution is -1.97. The summed E-state index contributed by atoms with van der Waals surface area (Å²) < 4.78 is 5.04. The lowest BCUT2D eigenvalue weighted by Gasteiger charge is -2.06. The molecule has 0 aliphatic carbocycles. The zero-order valence-corrected chi connectivity index (χ0v) is 15.2. The minimum Gasteiger partial charge on any atom is -0.330 e. The van der Waals surface area contributed by atoms with Gasteiger partial charge in [-0.05, 0) is 30.7 Å². The highest BCUT2D eigenvalue weighted by Gasteiger charge is 2.09. The highest BCUT2D eigenvalue weighted by molar-refractivity contribution is 7.99. The average Bonchev–Trinajstić information content (AvgIpc) is 3.06. The molecule has 3 aromatic rings. The van der Waals surface area contributed by atoms with Crippen LogP contribution >= 0.6 is 23.5 Å². The molecule has 0 bridgehead atoms. The van der Waals surface area contributed by atoms with Crippen LogP contribution in [0.2, 0.25) is 5.02 Å². The molecule has 3 rings (SSSR count). The van der Waals surface area contributed by atoms with Crippen LogP contribution in [0.5, 0.6) is 0 Å². The van der Waals surface area contributed by atoms with E-state index >= 15 is 0 Å². The second-order valence-corrected chi connectivity index (χ2v) is 6.45. The number of nitrogens with one attached hydrogen (secondary N) is 1. The average molecular weight is 359 g/mol. The Hall–Kier alpha value is -1.98. The van der Waals surface area contributed by atoms with E-state index in [2.05, 4.69) is 27.8 Å². The number of benzene rings is 1. The summed E-state index contributed by atoms with van der Waals surface area (Å²) in [5.41, 5.74) is 5.04. The van der Waals surface area contributed by atoms with Crippen molar-refractivity contribution in [3.8, 4) is 16.8 Å². The van der Waals surface area contributed by atoms with Gasteiger partial charge in [0.15, 0.2) is 0 Å². The van der Waals surface area contributed by atoms with Gasteiger partial charge in [0.1, 0.15) is 0 Å². The first-order chi connectivity index (χ1) is 11.7. The number of nitrogens with zero attached hydrogens (tertiary/aromatic N) is 3. The van der Waals surface area contributed by atoms with Gasteiger partial charge in [-0.2, -0.15) is 5.10 Å². The first kappa shape index (κ1) is 16.9. The van der Waals surface area contributed by atoms with Crippen molar-refractivity contribution >= 4 is 29.2 Å². The van der Waals surface area contributed by atoms with Crippen LogP contribution in [0.4, 0.5) is 5.69 Å². The molecule has 0 aliphatic rings. The molecule has 0 aliphatic heterocycles. The molecule has 0 spiro atoms. The van der Waals surface area contributed by atoms with E-state index in [1.807, 2.05) is 53.8 Å². The SMILES string of the molecule is CCCc1cc(-n2cc(-c3ccc(NSC)cc3Cl)cn2)ccn1. The third-order valence-corrected chi connectivity index (χ3v) is 4.41. The Bertz CT molecular complexity index is 831. The van der Waals surface area contributed by atoms with Gasteiger partial charge in [-0.15, -0.1) is 0 Å². The normalized spacial score (nSPS) is 10.8. The topological polar surface area (TPSA) is 42.7 Å². The van der Waals surface area contributed by atoms with Gasteiger partial charge < -0.3 is 4.72 Å². The molecule has 0 atom stereocenters. The van der Waals surface area contributed by atoms with Gasteiger partial charge in [-0.25, -0.2) is 4.68 Å². The van der Waals surface area contributed by atoms with Crippen molar-refractivity contribution in [2.75, 3.05) is 11.0 Å². The molecular formula is C18H19ClN4S. The summed E-state index contributed by atoms with van der Waals surface area (Å²) in [6, 6.07) is 9.99. The minimum atomic E-state index is 0.704. The first-order valence-electron chi connectivity index (χ1n) is 7.80. The van der Waals surface area contributed by atoms with Gasteiger partial charge in [0.05, 0.1) is 16.9 Å². The van der Waals surface area contributed by atoms with Crippen LogP contribution in [-0.2, 0) is 6.42 Å². The van der Waals surface area contributed by atoms with E-state index in [1.54, 1.807) is 11.9 Å². The fourth-order valence-electron chi connectivity index (χ4n) is 2.53. The number of hydrogen-bond donors (Lipinski definition) is 1. The molecule has 0 unspecified atom stereocenters.